The molecular formula is C12H13N3O4S. The van der Waals surface area contributed by atoms with Crippen molar-refractivity contribution < 1.29 is 17.9 Å². The van der Waals surface area contributed by atoms with Crippen LogP contribution < -0.4 is 5.14 Å². The van der Waals surface area contributed by atoms with E-state index >= 15 is 0 Å². The van der Waals surface area contributed by atoms with Gasteiger partial charge in [-0.05, 0) is 19.1 Å². The van der Waals surface area contributed by atoms with Crippen LogP contribution in [-0.2, 0) is 14.8 Å². The molecule has 0 unspecified atom stereocenters. The van der Waals surface area contributed by atoms with Gasteiger partial charge in [0.2, 0.25) is 0 Å². The summed E-state index contributed by atoms with van der Waals surface area (Å²) in [6, 6.07) is 9.73. The fraction of sp³-hybridized carbons (Fsp3) is 0.167. The van der Waals surface area contributed by atoms with Gasteiger partial charge in [-0.25, -0.2) is 23.0 Å². The third-order valence-corrected chi connectivity index (χ3v) is 3.25. The average Bonchev–Trinajstić information content (AvgIpc) is 2.85. The highest BCUT2D eigenvalue weighted by atomic mass is 32.2. The van der Waals surface area contributed by atoms with Crippen molar-refractivity contribution in [2.45, 2.75) is 11.9 Å². The average molecular weight is 295 g/mol. The minimum absolute atomic E-state index is 0.00192. The minimum atomic E-state index is -4.00. The van der Waals surface area contributed by atoms with Crippen LogP contribution in [0.25, 0.3) is 5.69 Å². The molecule has 1 heterocycles. The predicted molar refractivity (Wildman–Crippen MR) is 70.9 cm³/mol. The lowest BCUT2D eigenvalue weighted by atomic mass is 10.3. The van der Waals surface area contributed by atoms with Crippen molar-refractivity contribution in [3.05, 3.63) is 42.1 Å². The Balaban J connectivity index is 2.60. The maximum Gasteiger partial charge on any atom is 0.357 e. The third kappa shape index (κ3) is 2.86. The van der Waals surface area contributed by atoms with Crippen molar-refractivity contribution in [1.82, 2.24) is 9.78 Å². The van der Waals surface area contributed by atoms with Gasteiger partial charge >= 0.3 is 5.97 Å². The Morgan fingerprint density at radius 3 is 2.55 bits per heavy atom. The normalized spacial score (nSPS) is 11.3. The molecule has 2 aromatic rings. The van der Waals surface area contributed by atoms with Crippen LogP contribution in [0.4, 0.5) is 0 Å². The van der Waals surface area contributed by atoms with Gasteiger partial charge in [-0.15, -0.1) is 0 Å². The van der Waals surface area contributed by atoms with Gasteiger partial charge in [0, 0.05) is 6.07 Å². The first kappa shape index (κ1) is 14.2. The number of primary sulfonamides is 1. The number of hydrogen-bond donors (Lipinski definition) is 1. The summed E-state index contributed by atoms with van der Waals surface area (Å²) in [6.45, 7) is 1.82. The molecule has 2 rings (SSSR count). The first-order valence-electron chi connectivity index (χ1n) is 5.79. The number of nitrogens with zero attached hydrogens (tertiary/aromatic N) is 2. The first-order valence-corrected chi connectivity index (χ1v) is 7.33. The Hall–Kier alpha value is -2.19. The lowest BCUT2D eigenvalue weighted by Gasteiger charge is -2.06. The SMILES string of the molecule is CCOC(=O)c1cc(S(N)(=O)=O)nn1-c1ccccc1. The molecule has 2 N–H and O–H groups in total. The van der Waals surface area contributed by atoms with Gasteiger partial charge in [0.05, 0.1) is 12.3 Å². The zero-order valence-electron chi connectivity index (χ0n) is 10.7. The summed E-state index contributed by atoms with van der Waals surface area (Å²) in [5, 5.41) is 8.51. The van der Waals surface area contributed by atoms with Crippen LogP contribution in [0.5, 0.6) is 0 Å². The fourth-order valence-corrected chi connectivity index (χ4v) is 2.09. The van der Waals surface area contributed by atoms with Crippen molar-refractivity contribution in [3.63, 3.8) is 0 Å². The van der Waals surface area contributed by atoms with E-state index in [1.165, 1.54) is 4.68 Å². The molecule has 0 radical (unpaired) electrons. The zero-order valence-corrected chi connectivity index (χ0v) is 11.5. The van der Waals surface area contributed by atoms with Gasteiger partial charge < -0.3 is 4.74 Å². The molecular weight excluding hydrogens is 282 g/mol. The van der Waals surface area contributed by atoms with Crippen LogP contribution in [0.15, 0.2) is 41.4 Å². The molecule has 0 aliphatic heterocycles. The van der Waals surface area contributed by atoms with Gasteiger partial charge in [0.1, 0.15) is 0 Å². The molecule has 0 saturated carbocycles. The van der Waals surface area contributed by atoms with E-state index in [9.17, 15) is 13.2 Å². The van der Waals surface area contributed by atoms with Gasteiger partial charge in [-0.3, -0.25) is 0 Å². The number of rotatable bonds is 4. The standard InChI is InChI=1S/C12H13N3O4S/c1-2-19-12(16)10-8-11(20(13,17)18)14-15(10)9-6-4-3-5-7-9/h3-8H,2H2,1H3,(H2,13,17,18). The summed E-state index contributed by atoms with van der Waals surface area (Å²) in [4.78, 5) is 11.9. The number of benzene rings is 1. The Morgan fingerprint density at radius 2 is 2.00 bits per heavy atom. The number of hydrogen-bond acceptors (Lipinski definition) is 5. The van der Waals surface area contributed by atoms with Crippen LogP contribution in [0.1, 0.15) is 17.4 Å². The highest BCUT2D eigenvalue weighted by molar-refractivity contribution is 7.89. The molecule has 7 nitrogen and oxygen atoms in total. The molecule has 0 aliphatic rings. The molecule has 8 heteroatoms. The van der Waals surface area contributed by atoms with E-state index in [0.29, 0.717) is 5.69 Å². The Labute approximate surface area is 116 Å². The van der Waals surface area contributed by atoms with Crippen LogP contribution in [0.2, 0.25) is 0 Å². The molecule has 0 amide bonds. The summed E-state index contributed by atoms with van der Waals surface area (Å²) >= 11 is 0. The summed E-state index contributed by atoms with van der Waals surface area (Å²) in [5.41, 5.74) is 0.535. The second-order valence-corrected chi connectivity index (χ2v) is 5.39. The number of para-hydroxylation sites is 1. The summed E-state index contributed by atoms with van der Waals surface area (Å²) in [7, 11) is -4.00. The molecule has 1 aromatic heterocycles. The Bertz CT molecular complexity index is 722. The maximum atomic E-state index is 11.9. The monoisotopic (exact) mass is 295 g/mol. The van der Waals surface area contributed by atoms with Gasteiger partial charge in [0.25, 0.3) is 10.0 Å². The molecule has 106 valence electrons. The lowest BCUT2D eigenvalue weighted by Crippen LogP contribution is -2.13. The highest BCUT2D eigenvalue weighted by Gasteiger charge is 2.22. The summed E-state index contributed by atoms with van der Waals surface area (Å²) < 4.78 is 28.8. The predicted octanol–water partition coefficient (Wildman–Crippen LogP) is 0.696. The van der Waals surface area contributed by atoms with Gasteiger partial charge in [0.15, 0.2) is 10.7 Å². The van der Waals surface area contributed by atoms with E-state index in [-0.39, 0.29) is 17.3 Å². The van der Waals surface area contributed by atoms with Crippen molar-refractivity contribution in [1.29, 1.82) is 0 Å². The van der Waals surface area contributed by atoms with E-state index in [1.807, 2.05) is 0 Å². The first-order chi connectivity index (χ1) is 9.43. The van der Waals surface area contributed by atoms with Gasteiger partial charge in [-0.1, -0.05) is 18.2 Å². The quantitative estimate of drug-likeness (QED) is 0.836. The van der Waals surface area contributed by atoms with Gasteiger partial charge in [-0.2, -0.15) is 5.10 Å². The molecule has 20 heavy (non-hydrogen) atoms. The topological polar surface area (TPSA) is 104 Å². The molecule has 0 aliphatic carbocycles. The van der Waals surface area contributed by atoms with E-state index in [4.69, 9.17) is 9.88 Å². The second kappa shape index (κ2) is 5.43. The summed E-state index contributed by atoms with van der Waals surface area (Å²) in [6.07, 6.45) is 0. The third-order valence-electron chi connectivity index (χ3n) is 2.46. The summed E-state index contributed by atoms with van der Waals surface area (Å²) in [5.74, 6) is -0.668. The number of ether oxygens (including phenoxy) is 1. The Morgan fingerprint density at radius 1 is 1.35 bits per heavy atom. The van der Waals surface area contributed by atoms with Crippen molar-refractivity contribution in [3.8, 4) is 5.69 Å². The number of carbonyl (C=O) groups is 1. The number of esters is 1. The number of carbonyl (C=O) groups excluding carboxylic acids is 1. The highest BCUT2D eigenvalue weighted by Crippen LogP contribution is 2.16. The van der Waals surface area contributed by atoms with Crippen LogP contribution in [0, 0.1) is 0 Å². The zero-order chi connectivity index (χ0) is 14.8. The molecule has 0 spiro atoms. The minimum Gasteiger partial charge on any atom is -0.461 e. The van der Waals surface area contributed by atoms with E-state index in [1.54, 1.807) is 37.3 Å². The van der Waals surface area contributed by atoms with Crippen LogP contribution in [-0.4, -0.2) is 30.8 Å². The number of sulfonamides is 1. The number of nitrogens with two attached hydrogens (primary N) is 1. The lowest BCUT2D eigenvalue weighted by molar-refractivity contribution is 0.0515. The van der Waals surface area contributed by atoms with Crippen LogP contribution in [0.3, 0.4) is 0 Å². The van der Waals surface area contributed by atoms with E-state index in [0.717, 1.165) is 6.07 Å². The van der Waals surface area contributed by atoms with Crippen LogP contribution >= 0.6 is 0 Å². The molecule has 0 fully saturated rings. The molecule has 0 bridgehead atoms. The fourth-order valence-electron chi connectivity index (χ4n) is 1.61. The molecule has 1 aromatic carbocycles. The Kier molecular flexibility index (Phi) is 3.86. The van der Waals surface area contributed by atoms with Crippen molar-refractivity contribution in [2.24, 2.45) is 5.14 Å². The molecule has 0 atom stereocenters. The van der Waals surface area contributed by atoms with Crippen molar-refractivity contribution in [2.75, 3.05) is 6.61 Å². The van der Waals surface area contributed by atoms with E-state index < -0.39 is 16.0 Å². The van der Waals surface area contributed by atoms with E-state index in [2.05, 4.69) is 5.10 Å². The second-order valence-electron chi connectivity index (χ2n) is 3.88. The van der Waals surface area contributed by atoms with Crippen molar-refractivity contribution >= 4 is 16.0 Å². The number of aromatic nitrogens is 2. The smallest absolute Gasteiger partial charge is 0.357 e. The molecule has 0 saturated heterocycles. The maximum absolute atomic E-state index is 11.9. The largest absolute Gasteiger partial charge is 0.461 e.